The van der Waals surface area contributed by atoms with Crippen molar-refractivity contribution in [2.24, 2.45) is 5.73 Å². The van der Waals surface area contributed by atoms with Crippen molar-refractivity contribution in [3.63, 3.8) is 0 Å². The minimum atomic E-state index is -1.24. The summed E-state index contributed by atoms with van der Waals surface area (Å²) in [6.07, 6.45) is 0.778. The molecule has 0 saturated carbocycles. The molecular weight excluding hydrogens is 539 g/mol. The molecule has 11 nitrogen and oxygen atoms in total. The Bertz CT molecular complexity index is 481. The van der Waals surface area contributed by atoms with Gasteiger partial charge in [-0.15, -0.1) is 0 Å². The third-order valence-corrected chi connectivity index (χ3v) is 4.67. The van der Waals surface area contributed by atoms with Crippen LogP contribution in [0.25, 0.3) is 0 Å². The summed E-state index contributed by atoms with van der Waals surface area (Å²) in [4.78, 5) is 40.2. The summed E-state index contributed by atoms with van der Waals surface area (Å²) in [5.74, 6) is -3.61. The zero-order valence-corrected chi connectivity index (χ0v) is 18.3. The molecule has 0 radical (unpaired) electrons. The van der Waals surface area contributed by atoms with E-state index >= 15 is 0 Å². The van der Waals surface area contributed by atoms with E-state index in [1.807, 2.05) is 0 Å². The van der Waals surface area contributed by atoms with E-state index in [1.54, 1.807) is 14.7 Å². The molecule has 0 aromatic carbocycles. The van der Waals surface area contributed by atoms with Gasteiger partial charge in [-0.05, 0) is 19.5 Å². The van der Waals surface area contributed by atoms with Crippen molar-refractivity contribution >= 4 is 17.9 Å². The first-order valence-corrected chi connectivity index (χ1v) is 9.49. The van der Waals surface area contributed by atoms with E-state index in [1.165, 1.54) is 0 Å². The summed E-state index contributed by atoms with van der Waals surface area (Å²) in [6.45, 7) is 3.95. The minimum absolute atomic E-state index is 0. The summed E-state index contributed by atoms with van der Waals surface area (Å²) in [5.41, 5.74) is 5.58. The van der Waals surface area contributed by atoms with Crippen molar-refractivity contribution in [3.05, 3.63) is 0 Å². The van der Waals surface area contributed by atoms with E-state index in [0.29, 0.717) is 58.9 Å². The maximum Gasteiger partial charge on any atom is 3.00 e. The number of hydrogen-bond acceptors (Lipinski definition) is 11. The number of rotatable bonds is 9. The summed E-state index contributed by atoms with van der Waals surface area (Å²) in [5, 5.41) is 33.1. The molecule has 0 aliphatic carbocycles. The fourth-order valence-electron chi connectivity index (χ4n) is 3.14. The van der Waals surface area contributed by atoms with Gasteiger partial charge in [-0.2, -0.15) is 0 Å². The molecule has 1 rings (SSSR count). The summed E-state index contributed by atoms with van der Waals surface area (Å²) < 4.78 is 0. The molecule has 2 N–H and O–H groups in total. The Morgan fingerprint density at radius 2 is 0.897 bits per heavy atom. The molecule has 172 valence electrons. The van der Waals surface area contributed by atoms with Gasteiger partial charge in [0.1, 0.15) is 0 Å². The predicted molar refractivity (Wildman–Crippen MR) is 94.5 cm³/mol. The predicted octanol–water partition coefficient (Wildman–Crippen LogP) is -6.19. The number of carboxylic acid groups (broad SMARTS) is 3. The Kier molecular flexibility index (Phi) is 15.9. The van der Waals surface area contributed by atoms with Crippen LogP contribution in [-0.2, 0) is 14.4 Å². The molecule has 0 atom stereocenters. The third kappa shape index (κ3) is 14.1. The van der Waals surface area contributed by atoms with Gasteiger partial charge in [0.15, 0.2) is 0 Å². The standard InChI is InChI=1S/C17H33N5O6.Tm/c18-2-1-3-19-4-6-20(12-15(23)24)8-10-22(14-17(27)28)11-9-21(7-5-19)13-16(25)26;/h1-14,18H2,(H,23,24)(H,25,26)(H,27,28);/q;+3/p-3. The number of aliphatic carboxylic acids is 3. The van der Waals surface area contributed by atoms with Crippen molar-refractivity contribution in [1.82, 2.24) is 19.6 Å². The zero-order chi connectivity index (χ0) is 20.9. The van der Waals surface area contributed by atoms with E-state index in [4.69, 9.17) is 5.73 Å². The molecule has 1 fully saturated rings. The molecule has 0 spiro atoms. The van der Waals surface area contributed by atoms with Gasteiger partial charge in [-0.1, -0.05) is 0 Å². The minimum Gasteiger partial charge on any atom is -0.549 e. The van der Waals surface area contributed by atoms with Gasteiger partial charge in [0, 0.05) is 72.0 Å². The SMILES string of the molecule is NCCCN1CCN(CC(=O)[O-])CCN(CC(=O)[O-])CCN(CC(=O)[O-])CC1.[Tm+3]. The van der Waals surface area contributed by atoms with Crippen molar-refractivity contribution < 1.29 is 66.6 Å². The largest absolute Gasteiger partial charge is 3.00 e. The second kappa shape index (κ2) is 16.2. The molecule has 1 heterocycles. The molecule has 0 aromatic rings. The van der Waals surface area contributed by atoms with Crippen LogP contribution in [0.5, 0.6) is 0 Å². The molecule has 0 bridgehead atoms. The number of carboxylic acids is 3. The Labute approximate surface area is 200 Å². The number of nitrogens with two attached hydrogens (primary N) is 1. The monoisotopic (exact) mass is 569 g/mol. The second-order valence-corrected chi connectivity index (χ2v) is 6.93. The number of nitrogens with zero attached hydrogens (tertiary/aromatic N) is 4. The molecule has 1 saturated heterocycles. The summed E-state index contributed by atoms with van der Waals surface area (Å²) >= 11 is 0. The zero-order valence-electron chi connectivity index (χ0n) is 16.5. The summed E-state index contributed by atoms with van der Waals surface area (Å²) in [6, 6.07) is 0. The first-order chi connectivity index (χ1) is 13.3. The number of carbonyl (C=O) groups excluding carboxylic acids is 3. The van der Waals surface area contributed by atoms with E-state index in [-0.39, 0.29) is 56.5 Å². The van der Waals surface area contributed by atoms with Crippen LogP contribution < -0.4 is 21.1 Å². The van der Waals surface area contributed by atoms with E-state index in [2.05, 4.69) is 4.90 Å². The molecule has 12 heteroatoms. The van der Waals surface area contributed by atoms with Gasteiger partial charge in [-0.3, -0.25) is 14.7 Å². The van der Waals surface area contributed by atoms with Crippen LogP contribution in [0, 0.1) is 36.9 Å². The molecule has 1 aliphatic rings. The molecule has 29 heavy (non-hydrogen) atoms. The maximum atomic E-state index is 11.0. The Morgan fingerprint density at radius 1 is 0.621 bits per heavy atom. The quantitative estimate of drug-likeness (QED) is 0.282. The average molecular weight is 569 g/mol. The smallest absolute Gasteiger partial charge is 0.549 e. The first kappa shape index (κ1) is 28.4. The third-order valence-electron chi connectivity index (χ3n) is 4.67. The summed E-state index contributed by atoms with van der Waals surface area (Å²) in [7, 11) is 0. The van der Waals surface area contributed by atoms with Gasteiger partial charge in [0.25, 0.3) is 0 Å². The van der Waals surface area contributed by atoms with Gasteiger partial charge < -0.3 is 40.3 Å². The molecule has 0 aromatic heterocycles. The van der Waals surface area contributed by atoms with Crippen LogP contribution in [0.3, 0.4) is 0 Å². The van der Waals surface area contributed by atoms with Crippen LogP contribution in [0.15, 0.2) is 0 Å². The van der Waals surface area contributed by atoms with Gasteiger partial charge >= 0.3 is 36.9 Å². The second-order valence-electron chi connectivity index (χ2n) is 6.93. The van der Waals surface area contributed by atoms with Gasteiger partial charge in [0.05, 0.1) is 17.9 Å². The van der Waals surface area contributed by atoms with E-state index in [0.717, 1.165) is 13.0 Å². The van der Waals surface area contributed by atoms with Crippen LogP contribution in [0.1, 0.15) is 6.42 Å². The topological polar surface area (TPSA) is 159 Å². The van der Waals surface area contributed by atoms with Crippen molar-refractivity contribution in [2.75, 3.05) is 85.1 Å². The molecule has 1 aliphatic heterocycles. The fourth-order valence-corrected chi connectivity index (χ4v) is 3.14. The number of carbonyl (C=O) groups is 3. The first-order valence-electron chi connectivity index (χ1n) is 9.49. The van der Waals surface area contributed by atoms with Crippen LogP contribution in [-0.4, -0.2) is 123 Å². The van der Waals surface area contributed by atoms with Crippen LogP contribution in [0.2, 0.25) is 0 Å². The maximum absolute atomic E-state index is 11.0. The van der Waals surface area contributed by atoms with Gasteiger partial charge in [-0.25, -0.2) is 0 Å². The molecular formula is C17H30N5O6Tm. The molecule has 0 unspecified atom stereocenters. The van der Waals surface area contributed by atoms with Crippen molar-refractivity contribution in [3.8, 4) is 0 Å². The average Bonchev–Trinajstić information content (AvgIpc) is 2.59. The normalized spacial score (nSPS) is 18.9. The molecule has 0 amide bonds. The Hall–Kier alpha value is -0.556. The van der Waals surface area contributed by atoms with E-state index in [9.17, 15) is 29.7 Å². The van der Waals surface area contributed by atoms with Crippen LogP contribution >= 0.6 is 0 Å². The van der Waals surface area contributed by atoms with Crippen molar-refractivity contribution in [1.29, 1.82) is 0 Å². The van der Waals surface area contributed by atoms with E-state index < -0.39 is 17.9 Å². The van der Waals surface area contributed by atoms with Crippen LogP contribution in [0.4, 0.5) is 0 Å². The van der Waals surface area contributed by atoms with Crippen molar-refractivity contribution in [2.45, 2.75) is 6.42 Å². The Morgan fingerprint density at radius 3 is 1.14 bits per heavy atom. The fraction of sp³-hybridized carbons (Fsp3) is 0.824. The Balaban J connectivity index is 0.00000784. The van der Waals surface area contributed by atoms with Gasteiger partial charge in [0.2, 0.25) is 0 Å². The number of hydrogen-bond donors (Lipinski definition) is 1.